The fraction of sp³-hybridized carbons (Fsp3) is 0.429. The first-order valence-electron chi connectivity index (χ1n) is 9.89. The number of guanidine groups is 1. The van der Waals surface area contributed by atoms with E-state index in [9.17, 15) is 0 Å². The van der Waals surface area contributed by atoms with E-state index in [1.54, 1.807) is 0 Å². The SMILES string of the molecule is NC(=NCC1CCN(c2ccncc2)CC1)Nc1ccc2c(c1)OCCCO2. The summed E-state index contributed by atoms with van der Waals surface area (Å²) in [5.74, 6) is 2.52. The maximum atomic E-state index is 6.10. The molecule has 0 saturated carbocycles. The van der Waals surface area contributed by atoms with E-state index in [2.05, 4.69) is 32.3 Å². The lowest BCUT2D eigenvalue weighted by Gasteiger charge is -2.33. The zero-order valence-electron chi connectivity index (χ0n) is 16.0. The standard InChI is InChI=1S/C21H27N5O2/c22-21(25-17-2-3-19-20(14-17)28-13-1-12-27-19)24-15-16-6-10-26(11-7-16)18-4-8-23-9-5-18/h2-5,8-9,14,16H,1,6-7,10-13,15H2,(H3,22,24,25). The number of hydrogen-bond acceptors (Lipinski definition) is 5. The monoisotopic (exact) mass is 381 g/mol. The first-order valence-corrected chi connectivity index (χ1v) is 9.89. The molecular weight excluding hydrogens is 354 g/mol. The van der Waals surface area contributed by atoms with Crippen LogP contribution in [-0.2, 0) is 0 Å². The molecule has 1 aromatic carbocycles. The number of piperidine rings is 1. The molecule has 0 radical (unpaired) electrons. The van der Waals surface area contributed by atoms with Gasteiger partial charge in [0, 0.05) is 55.9 Å². The molecule has 1 aromatic heterocycles. The van der Waals surface area contributed by atoms with Crippen molar-refractivity contribution in [3.05, 3.63) is 42.7 Å². The lowest BCUT2D eigenvalue weighted by atomic mass is 9.97. The highest BCUT2D eigenvalue weighted by Crippen LogP contribution is 2.32. The van der Waals surface area contributed by atoms with E-state index in [-0.39, 0.29) is 0 Å². The maximum absolute atomic E-state index is 6.10. The van der Waals surface area contributed by atoms with Crippen molar-refractivity contribution in [2.75, 3.05) is 43.1 Å². The number of benzene rings is 1. The lowest BCUT2D eigenvalue weighted by molar-refractivity contribution is 0.297. The molecule has 0 atom stereocenters. The van der Waals surface area contributed by atoms with Gasteiger partial charge in [0.25, 0.3) is 0 Å². The molecule has 2 aromatic rings. The van der Waals surface area contributed by atoms with Gasteiger partial charge in [0.05, 0.1) is 13.2 Å². The molecule has 1 saturated heterocycles. The molecule has 2 aliphatic rings. The largest absolute Gasteiger partial charge is 0.490 e. The number of rotatable bonds is 4. The number of anilines is 2. The van der Waals surface area contributed by atoms with Crippen molar-refractivity contribution < 1.29 is 9.47 Å². The number of nitrogens with two attached hydrogens (primary N) is 1. The predicted octanol–water partition coefficient (Wildman–Crippen LogP) is 2.89. The molecule has 3 N–H and O–H groups in total. The molecule has 0 unspecified atom stereocenters. The molecule has 0 bridgehead atoms. The highest BCUT2D eigenvalue weighted by Gasteiger charge is 2.19. The molecule has 0 spiro atoms. The van der Waals surface area contributed by atoms with Gasteiger partial charge in [-0.15, -0.1) is 0 Å². The summed E-state index contributed by atoms with van der Waals surface area (Å²) in [6, 6.07) is 9.88. The number of fused-ring (bicyclic) bond motifs is 1. The smallest absolute Gasteiger partial charge is 0.193 e. The first kappa shape index (κ1) is 18.4. The van der Waals surface area contributed by atoms with Gasteiger partial charge in [-0.1, -0.05) is 0 Å². The number of pyridine rings is 1. The molecule has 148 valence electrons. The Labute approximate surface area is 165 Å². The Balaban J connectivity index is 1.28. The van der Waals surface area contributed by atoms with Gasteiger partial charge in [-0.25, -0.2) is 0 Å². The molecule has 7 nitrogen and oxygen atoms in total. The summed E-state index contributed by atoms with van der Waals surface area (Å²) < 4.78 is 11.4. The van der Waals surface area contributed by atoms with Gasteiger partial charge >= 0.3 is 0 Å². The van der Waals surface area contributed by atoms with Crippen LogP contribution in [-0.4, -0.2) is 43.8 Å². The van der Waals surface area contributed by atoms with Gasteiger partial charge in [0.2, 0.25) is 0 Å². The topological polar surface area (TPSA) is 85.0 Å². The third-order valence-corrected chi connectivity index (χ3v) is 5.18. The van der Waals surface area contributed by atoms with E-state index in [1.807, 2.05) is 30.6 Å². The van der Waals surface area contributed by atoms with E-state index < -0.39 is 0 Å². The number of aliphatic imine (C=N–C) groups is 1. The highest BCUT2D eigenvalue weighted by atomic mass is 16.5. The second-order valence-electron chi connectivity index (χ2n) is 7.20. The van der Waals surface area contributed by atoms with E-state index in [4.69, 9.17) is 15.2 Å². The van der Waals surface area contributed by atoms with Crippen LogP contribution < -0.4 is 25.4 Å². The number of hydrogen-bond donors (Lipinski definition) is 2. The number of aromatic nitrogens is 1. The summed E-state index contributed by atoms with van der Waals surface area (Å²) >= 11 is 0. The Kier molecular flexibility index (Phi) is 5.80. The summed E-state index contributed by atoms with van der Waals surface area (Å²) in [4.78, 5) is 11.0. The number of nitrogens with one attached hydrogen (secondary N) is 1. The fourth-order valence-corrected chi connectivity index (χ4v) is 3.58. The van der Waals surface area contributed by atoms with Gasteiger partial charge in [-0.05, 0) is 43.0 Å². The second-order valence-corrected chi connectivity index (χ2v) is 7.20. The van der Waals surface area contributed by atoms with Crippen molar-refractivity contribution in [3.63, 3.8) is 0 Å². The Morgan fingerprint density at radius 3 is 2.64 bits per heavy atom. The normalized spacial score (nSPS) is 17.9. The summed E-state index contributed by atoms with van der Waals surface area (Å²) in [6.45, 7) is 4.18. The molecule has 3 heterocycles. The van der Waals surface area contributed by atoms with Crippen molar-refractivity contribution >= 4 is 17.3 Å². The molecule has 0 aliphatic carbocycles. The molecule has 28 heavy (non-hydrogen) atoms. The summed E-state index contributed by atoms with van der Waals surface area (Å²) in [5.41, 5.74) is 8.20. The molecular formula is C21H27N5O2. The quantitative estimate of drug-likeness (QED) is 0.626. The average molecular weight is 381 g/mol. The molecule has 4 rings (SSSR count). The minimum Gasteiger partial charge on any atom is -0.490 e. The third kappa shape index (κ3) is 4.65. The Morgan fingerprint density at radius 2 is 1.86 bits per heavy atom. The predicted molar refractivity (Wildman–Crippen MR) is 111 cm³/mol. The number of ether oxygens (including phenoxy) is 2. The van der Waals surface area contributed by atoms with Crippen molar-refractivity contribution in [3.8, 4) is 11.5 Å². The minimum atomic E-state index is 0.436. The average Bonchev–Trinajstić information content (AvgIpc) is 2.98. The van der Waals surface area contributed by atoms with Crippen molar-refractivity contribution in [2.24, 2.45) is 16.6 Å². The van der Waals surface area contributed by atoms with Crippen LogP contribution in [0.15, 0.2) is 47.7 Å². The van der Waals surface area contributed by atoms with Crippen LogP contribution in [0.3, 0.4) is 0 Å². The minimum absolute atomic E-state index is 0.436. The fourth-order valence-electron chi connectivity index (χ4n) is 3.58. The van der Waals surface area contributed by atoms with E-state index in [1.165, 1.54) is 5.69 Å². The Bertz CT molecular complexity index is 804. The Hall–Kier alpha value is -2.96. The summed E-state index contributed by atoms with van der Waals surface area (Å²) in [7, 11) is 0. The van der Waals surface area contributed by atoms with Crippen molar-refractivity contribution in [1.29, 1.82) is 0 Å². The Morgan fingerprint density at radius 1 is 1.11 bits per heavy atom. The van der Waals surface area contributed by atoms with Gasteiger partial charge < -0.3 is 25.4 Å². The second kappa shape index (κ2) is 8.82. The van der Waals surface area contributed by atoms with Crippen LogP contribution in [0.25, 0.3) is 0 Å². The van der Waals surface area contributed by atoms with E-state index in [0.29, 0.717) is 25.1 Å². The lowest BCUT2D eigenvalue weighted by Crippen LogP contribution is -2.35. The van der Waals surface area contributed by atoms with Crippen LogP contribution in [0.1, 0.15) is 19.3 Å². The summed E-state index contributed by atoms with van der Waals surface area (Å²) in [5, 5.41) is 3.16. The van der Waals surface area contributed by atoms with Gasteiger partial charge in [-0.3, -0.25) is 9.98 Å². The van der Waals surface area contributed by atoms with Crippen molar-refractivity contribution in [2.45, 2.75) is 19.3 Å². The van der Waals surface area contributed by atoms with Crippen LogP contribution in [0.2, 0.25) is 0 Å². The number of nitrogens with zero attached hydrogens (tertiary/aromatic N) is 3. The highest BCUT2D eigenvalue weighted by molar-refractivity contribution is 5.92. The van der Waals surface area contributed by atoms with E-state index >= 15 is 0 Å². The maximum Gasteiger partial charge on any atom is 0.193 e. The zero-order chi connectivity index (χ0) is 19.2. The van der Waals surface area contributed by atoms with Gasteiger partial charge in [0.1, 0.15) is 0 Å². The van der Waals surface area contributed by atoms with Crippen LogP contribution in [0, 0.1) is 5.92 Å². The van der Waals surface area contributed by atoms with Crippen LogP contribution >= 0.6 is 0 Å². The summed E-state index contributed by atoms with van der Waals surface area (Å²) in [6.07, 6.45) is 6.81. The zero-order valence-corrected chi connectivity index (χ0v) is 16.0. The molecule has 1 fully saturated rings. The van der Waals surface area contributed by atoms with Gasteiger partial charge in [-0.2, -0.15) is 0 Å². The molecule has 2 aliphatic heterocycles. The van der Waals surface area contributed by atoms with Crippen molar-refractivity contribution in [1.82, 2.24) is 4.98 Å². The molecule has 7 heteroatoms. The van der Waals surface area contributed by atoms with Crippen LogP contribution in [0.5, 0.6) is 11.5 Å². The first-order chi connectivity index (χ1) is 13.8. The van der Waals surface area contributed by atoms with E-state index in [0.717, 1.165) is 56.1 Å². The van der Waals surface area contributed by atoms with Gasteiger partial charge in [0.15, 0.2) is 17.5 Å². The third-order valence-electron chi connectivity index (χ3n) is 5.18. The van der Waals surface area contributed by atoms with Crippen LogP contribution in [0.4, 0.5) is 11.4 Å². The molecule has 0 amide bonds.